The lowest BCUT2D eigenvalue weighted by molar-refractivity contribution is 0.254. The van der Waals surface area contributed by atoms with Crippen LogP contribution in [0, 0.1) is 0 Å². The Morgan fingerprint density at radius 2 is 2.13 bits per heavy atom. The van der Waals surface area contributed by atoms with Crippen LogP contribution in [0.1, 0.15) is 12.5 Å². The summed E-state index contributed by atoms with van der Waals surface area (Å²) >= 11 is 0. The topological polar surface area (TPSA) is 29.5 Å². The Hall–Kier alpha value is -1.70. The lowest BCUT2D eigenvalue weighted by atomic mass is 10.0. The largest absolute Gasteiger partial charge is 0.508 e. The van der Waals surface area contributed by atoms with Gasteiger partial charge in [-0.15, -0.1) is 0 Å². The molecule has 0 saturated carbocycles. The molecule has 0 radical (unpaired) electrons. The van der Waals surface area contributed by atoms with Gasteiger partial charge in [-0.2, -0.15) is 0 Å². The first-order valence-corrected chi connectivity index (χ1v) is 5.15. The fourth-order valence-corrected chi connectivity index (χ4v) is 2.23. The molecule has 0 aromatic heterocycles. The number of rotatable bonds is 0. The van der Waals surface area contributed by atoms with E-state index in [0.717, 1.165) is 17.6 Å². The van der Waals surface area contributed by atoms with Gasteiger partial charge in [0.15, 0.2) is 0 Å². The van der Waals surface area contributed by atoms with Crippen molar-refractivity contribution in [2.75, 3.05) is 0 Å². The SMILES string of the molecule is CC1Cc2c(ccc3cc(O)ccc23)O1. The summed E-state index contributed by atoms with van der Waals surface area (Å²) in [6.07, 6.45) is 1.22. The standard InChI is InChI=1S/C13H12O2/c1-8-6-12-11-4-3-10(14)7-9(11)2-5-13(12)15-8/h2-5,7-8,14H,6H2,1H3. The molecule has 15 heavy (non-hydrogen) atoms. The van der Waals surface area contributed by atoms with E-state index in [1.165, 1.54) is 10.9 Å². The molecule has 0 fully saturated rings. The zero-order chi connectivity index (χ0) is 10.4. The van der Waals surface area contributed by atoms with Gasteiger partial charge in [0.05, 0.1) is 0 Å². The molecule has 1 atom stereocenters. The second-order valence-corrected chi connectivity index (χ2v) is 4.08. The van der Waals surface area contributed by atoms with Crippen LogP contribution in [-0.4, -0.2) is 11.2 Å². The van der Waals surface area contributed by atoms with Gasteiger partial charge < -0.3 is 9.84 Å². The minimum atomic E-state index is 0.263. The zero-order valence-electron chi connectivity index (χ0n) is 8.53. The Morgan fingerprint density at radius 1 is 1.27 bits per heavy atom. The Morgan fingerprint density at radius 3 is 3.00 bits per heavy atom. The van der Waals surface area contributed by atoms with Gasteiger partial charge in [0.2, 0.25) is 0 Å². The van der Waals surface area contributed by atoms with E-state index in [0.29, 0.717) is 5.75 Å². The van der Waals surface area contributed by atoms with E-state index in [1.807, 2.05) is 18.2 Å². The van der Waals surface area contributed by atoms with Crippen LogP contribution in [0.3, 0.4) is 0 Å². The summed E-state index contributed by atoms with van der Waals surface area (Å²) < 4.78 is 5.68. The van der Waals surface area contributed by atoms with E-state index in [-0.39, 0.29) is 6.10 Å². The molecule has 1 aliphatic heterocycles. The number of aromatic hydroxyl groups is 1. The molecule has 0 aliphatic carbocycles. The predicted molar refractivity (Wildman–Crippen MR) is 59.4 cm³/mol. The molecule has 0 saturated heterocycles. The van der Waals surface area contributed by atoms with E-state index < -0.39 is 0 Å². The van der Waals surface area contributed by atoms with Gasteiger partial charge in [-0.1, -0.05) is 12.1 Å². The number of ether oxygens (including phenoxy) is 1. The molecular formula is C13H12O2. The summed E-state index contributed by atoms with van der Waals surface area (Å²) in [6.45, 7) is 2.08. The van der Waals surface area contributed by atoms with Crippen LogP contribution >= 0.6 is 0 Å². The van der Waals surface area contributed by atoms with Crippen molar-refractivity contribution in [1.82, 2.24) is 0 Å². The molecular weight excluding hydrogens is 188 g/mol. The van der Waals surface area contributed by atoms with E-state index >= 15 is 0 Å². The minimum Gasteiger partial charge on any atom is -0.508 e. The first-order chi connectivity index (χ1) is 7.24. The number of benzene rings is 2. The van der Waals surface area contributed by atoms with Crippen molar-refractivity contribution in [3.8, 4) is 11.5 Å². The smallest absolute Gasteiger partial charge is 0.123 e. The molecule has 1 aliphatic rings. The molecule has 0 spiro atoms. The molecule has 1 heterocycles. The van der Waals surface area contributed by atoms with Gasteiger partial charge in [-0.25, -0.2) is 0 Å². The van der Waals surface area contributed by atoms with Crippen molar-refractivity contribution in [2.24, 2.45) is 0 Å². The van der Waals surface area contributed by atoms with Crippen molar-refractivity contribution in [2.45, 2.75) is 19.4 Å². The highest BCUT2D eigenvalue weighted by Gasteiger charge is 2.20. The average molecular weight is 200 g/mol. The summed E-state index contributed by atoms with van der Waals surface area (Å²) in [5.41, 5.74) is 1.26. The number of fused-ring (bicyclic) bond motifs is 3. The normalized spacial score (nSPS) is 18.9. The van der Waals surface area contributed by atoms with Crippen molar-refractivity contribution >= 4 is 10.8 Å². The Labute approximate surface area is 88.1 Å². The highest BCUT2D eigenvalue weighted by Crippen LogP contribution is 2.35. The van der Waals surface area contributed by atoms with E-state index in [9.17, 15) is 5.11 Å². The number of phenolic OH excluding ortho intramolecular Hbond substituents is 1. The highest BCUT2D eigenvalue weighted by molar-refractivity contribution is 5.89. The van der Waals surface area contributed by atoms with Crippen LogP contribution in [0.15, 0.2) is 30.3 Å². The molecule has 2 aromatic carbocycles. The number of hydrogen-bond donors (Lipinski definition) is 1. The van der Waals surface area contributed by atoms with E-state index in [2.05, 4.69) is 6.92 Å². The molecule has 2 nitrogen and oxygen atoms in total. The third kappa shape index (κ3) is 1.25. The van der Waals surface area contributed by atoms with Gasteiger partial charge in [-0.3, -0.25) is 0 Å². The number of hydrogen-bond acceptors (Lipinski definition) is 2. The lowest BCUT2D eigenvalue weighted by Crippen LogP contribution is -2.05. The van der Waals surface area contributed by atoms with Crippen molar-refractivity contribution in [3.63, 3.8) is 0 Å². The number of phenols is 1. The van der Waals surface area contributed by atoms with Gasteiger partial charge in [-0.05, 0) is 35.9 Å². The van der Waals surface area contributed by atoms with Crippen molar-refractivity contribution < 1.29 is 9.84 Å². The highest BCUT2D eigenvalue weighted by atomic mass is 16.5. The first kappa shape index (κ1) is 8.60. The van der Waals surface area contributed by atoms with Crippen molar-refractivity contribution in [3.05, 3.63) is 35.9 Å². The molecule has 0 bridgehead atoms. The fourth-order valence-electron chi connectivity index (χ4n) is 2.23. The Bertz CT molecular complexity index is 531. The van der Waals surface area contributed by atoms with Crippen LogP contribution in [-0.2, 0) is 6.42 Å². The molecule has 2 aromatic rings. The molecule has 1 unspecified atom stereocenters. The molecule has 0 amide bonds. The quantitative estimate of drug-likeness (QED) is 0.708. The molecule has 3 rings (SSSR count). The maximum atomic E-state index is 9.40. The summed E-state index contributed by atoms with van der Waals surface area (Å²) in [7, 11) is 0. The third-order valence-electron chi connectivity index (χ3n) is 2.89. The van der Waals surface area contributed by atoms with Crippen LogP contribution < -0.4 is 4.74 Å². The summed E-state index contributed by atoms with van der Waals surface area (Å²) in [6, 6.07) is 9.46. The molecule has 2 heteroatoms. The maximum Gasteiger partial charge on any atom is 0.123 e. The van der Waals surface area contributed by atoms with Crippen LogP contribution in [0.4, 0.5) is 0 Å². The summed E-state index contributed by atoms with van der Waals surface area (Å²) in [5.74, 6) is 1.30. The molecule has 1 N–H and O–H groups in total. The monoisotopic (exact) mass is 200 g/mol. The van der Waals surface area contributed by atoms with Gasteiger partial charge >= 0.3 is 0 Å². The predicted octanol–water partition coefficient (Wildman–Crippen LogP) is 2.87. The minimum absolute atomic E-state index is 0.263. The van der Waals surface area contributed by atoms with Gasteiger partial charge in [0.25, 0.3) is 0 Å². The van der Waals surface area contributed by atoms with Crippen molar-refractivity contribution in [1.29, 1.82) is 0 Å². The fraction of sp³-hybridized carbons (Fsp3) is 0.231. The third-order valence-corrected chi connectivity index (χ3v) is 2.89. The maximum absolute atomic E-state index is 9.40. The average Bonchev–Trinajstić information content (AvgIpc) is 2.58. The lowest BCUT2D eigenvalue weighted by Gasteiger charge is -2.04. The van der Waals surface area contributed by atoms with Crippen LogP contribution in [0.2, 0.25) is 0 Å². The van der Waals surface area contributed by atoms with Crippen LogP contribution in [0.5, 0.6) is 11.5 Å². The Balaban J connectivity index is 2.31. The Kier molecular flexibility index (Phi) is 1.66. The summed E-state index contributed by atoms with van der Waals surface area (Å²) in [5, 5.41) is 11.7. The zero-order valence-corrected chi connectivity index (χ0v) is 8.53. The molecule has 76 valence electrons. The van der Waals surface area contributed by atoms with E-state index in [4.69, 9.17) is 4.74 Å². The second-order valence-electron chi connectivity index (χ2n) is 4.08. The van der Waals surface area contributed by atoms with Gasteiger partial charge in [0, 0.05) is 12.0 Å². The first-order valence-electron chi connectivity index (χ1n) is 5.15. The van der Waals surface area contributed by atoms with Gasteiger partial charge in [0.1, 0.15) is 17.6 Å². The van der Waals surface area contributed by atoms with Crippen LogP contribution in [0.25, 0.3) is 10.8 Å². The summed E-state index contributed by atoms with van der Waals surface area (Å²) in [4.78, 5) is 0. The van der Waals surface area contributed by atoms with E-state index in [1.54, 1.807) is 12.1 Å². The second kappa shape index (κ2) is 2.89.